The zero-order chi connectivity index (χ0) is 12.5. The predicted molar refractivity (Wildman–Crippen MR) is 75.0 cm³/mol. The van der Waals surface area contributed by atoms with E-state index in [1.165, 1.54) is 18.5 Å². The third-order valence-electron chi connectivity index (χ3n) is 3.89. The van der Waals surface area contributed by atoms with E-state index >= 15 is 0 Å². The lowest BCUT2D eigenvalue weighted by Crippen LogP contribution is -2.60. The van der Waals surface area contributed by atoms with E-state index in [0.717, 1.165) is 11.6 Å². The Hall–Kier alpha value is -0.730. The van der Waals surface area contributed by atoms with Crippen molar-refractivity contribution in [3.63, 3.8) is 0 Å². The number of nitrogens with one attached hydrogen (secondary N) is 1. The van der Waals surface area contributed by atoms with Gasteiger partial charge in [0.25, 0.3) is 0 Å². The summed E-state index contributed by atoms with van der Waals surface area (Å²) in [6, 6.07) is 8.68. The summed E-state index contributed by atoms with van der Waals surface area (Å²) >= 11 is 6.09. The number of benzene rings is 1. The summed E-state index contributed by atoms with van der Waals surface area (Å²) in [5.41, 5.74) is 1.35. The van der Waals surface area contributed by atoms with Gasteiger partial charge in [0.1, 0.15) is 0 Å². The van der Waals surface area contributed by atoms with Gasteiger partial charge in [-0.2, -0.15) is 0 Å². The van der Waals surface area contributed by atoms with Crippen LogP contribution < -0.4 is 10.2 Å². The van der Waals surface area contributed by atoms with Crippen LogP contribution in [0.15, 0.2) is 24.3 Å². The van der Waals surface area contributed by atoms with Crippen molar-refractivity contribution in [2.75, 3.05) is 18.5 Å². The molecule has 2 nitrogen and oxygen atoms in total. The number of hydrogen-bond donors (Lipinski definition) is 1. The van der Waals surface area contributed by atoms with Gasteiger partial charge in [-0.25, -0.2) is 0 Å². The maximum Gasteiger partial charge on any atom is 0.0498 e. The van der Waals surface area contributed by atoms with Crippen molar-refractivity contribution < 1.29 is 0 Å². The number of halogens is 1. The Kier molecular flexibility index (Phi) is 3.64. The molecule has 0 aliphatic carbocycles. The summed E-state index contributed by atoms with van der Waals surface area (Å²) in [5, 5.41) is 4.24. The highest BCUT2D eigenvalue weighted by Crippen LogP contribution is 2.33. The summed E-state index contributed by atoms with van der Waals surface area (Å²) in [4.78, 5) is 2.46. The van der Waals surface area contributed by atoms with Crippen molar-refractivity contribution in [2.24, 2.45) is 0 Å². The summed E-state index contributed by atoms with van der Waals surface area (Å²) in [6.45, 7) is 5.70. The lowest BCUT2D eigenvalue weighted by Gasteiger charge is -2.49. The minimum atomic E-state index is 0.123. The third-order valence-corrected chi connectivity index (χ3v) is 4.13. The normalized spacial score (nSPS) is 23.8. The second kappa shape index (κ2) is 4.87. The SMILES string of the molecule is CNC1CCCN(c2cccc(Cl)c2)C1(C)C. The molecule has 1 heterocycles. The van der Waals surface area contributed by atoms with E-state index in [1.807, 2.05) is 19.2 Å². The van der Waals surface area contributed by atoms with Gasteiger partial charge < -0.3 is 10.2 Å². The van der Waals surface area contributed by atoms with Gasteiger partial charge in [0.15, 0.2) is 0 Å². The van der Waals surface area contributed by atoms with Gasteiger partial charge in [0.05, 0.1) is 0 Å². The van der Waals surface area contributed by atoms with E-state index in [-0.39, 0.29) is 5.54 Å². The van der Waals surface area contributed by atoms with Crippen molar-refractivity contribution in [3.8, 4) is 0 Å². The zero-order valence-corrected chi connectivity index (χ0v) is 11.6. The number of hydrogen-bond acceptors (Lipinski definition) is 2. The summed E-state index contributed by atoms with van der Waals surface area (Å²) in [6.07, 6.45) is 2.46. The van der Waals surface area contributed by atoms with E-state index in [4.69, 9.17) is 11.6 Å². The molecule has 0 radical (unpaired) electrons. The van der Waals surface area contributed by atoms with Crippen molar-refractivity contribution >= 4 is 17.3 Å². The van der Waals surface area contributed by atoms with Gasteiger partial charge >= 0.3 is 0 Å². The number of rotatable bonds is 2. The van der Waals surface area contributed by atoms with Crippen LogP contribution in [-0.4, -0.2) is 25.2 Å². The Morgan fingerprint density at radius 2 is 2.18 bits per heavy atom. The van der Waals surface area contributed by atoms with Gasteiger partial charge in [-0.15, -0.1) is 0 Å². The second-order valence-electron chi connectivity index (χ2n) is 5.27. The molecule has 0 amide bonds. The number of nitrogens with zero attached hydrogens (tertiary/aromatic N) is 1. The van der Waals surface area contributed by atoms with E-state index in [9.17, 15) is 0 Å². The molecule has 17 heavy (non-hydrogen) atoms. The second-order valence-corrected chi connectivity index (χ2v) is 5.71. The average molecular weight is 253 g/mol. The fourth-order valence-corrected chi connectivity index (χ4v) is 3.07. The number of anilines is 1. The molecular formula is C14H21ClN2. The van der Waals surface area contributed by atoms with E-state index in [1.54, 1.807) is 0 Å². The first-order chi connectivity index (χ1) is 8.05. The highest BCUT2D eigenvalue weighted by Gasteiger charge is 2.37. The standard InChI is InChI=1S/C14H21ClN2/c1-14(2)13(16-3)8-5-9-17(14)12-7-4-6-11(15)10-12/h4,6-7,10,13,16H,5,8-9H2,1-3H3. The van der Waals surface area contributed by atoms with E-state index < -0.39 is 0 Å². The Morgan fingerprint density at radius 3 is 2.82 bits per heavy atom. The molecule has 1 unspecified atom stereocenters. The maximum atomic E-state index is 6.09. The molecule has 94 valence electrons. The molecule has 1 aromatic rings. The Morgan fingerprint density at radius 1 is 1.41 bits per heavy atom. The monoisotopic (exact) mass is 252 g/mol. The first-order valence-electron chi connectivity index (χ1n) is 6.26. The van der Waals surface area contributed by atoms with Crippen LogP contribution in [0.1, 0.15) is 26.7 Å². The van der Waals surface area contributed by atoms with Crippen LogP contribution in [0.5, 0.6) is 0 Å². The van der Waals surface area contributed by atoms with Gasteiger partial charge in [0.2, 0.25) is 0 Å². The van der Waals surface area contributed by atoms with E-state index in [0.29, 0.717) is 6.04 Å². The summed E-state index contributed by atoms with van der Waals surface area (Å²) in [7, 11) is 2.05. The lowest BCUT2D eigenvalue weighted by molar-refractivity contribution is 0.275. The Labute approximate surface area is 109 Å². The molecule has 0 saturated carbocycles. The van der Waals surface area contributed by atoms with Crippen molar-refractivity contribution in [3.05, 3.63) is 29.3 Å². The van der Waals surface area contributed by atoms with Gasteiger partial charge in [-0.05, 0) is 51.9 Å². The molecule has 1 aliphatic rings. The lowest BCUT2D eigenvalue weighted by atomic mass is 9.84. The molecule has 1 aliphatic heterocycles. The highest BCUT2D eigenvalue weighted by molar-refractivity contribution is 6.30. The molecule has 2 rings (SSSR count). The third kappa shape index (κ3) is 2.43. The fourth-order valence-electron chi connectivity index (χ4n) is 2.89. The first-order valence-corrected chi connectivity index (χ1v) is 6.64. The predicted octanol–water partition coefficient (Wildman–Crippen LogP) is 3.31. The van der Waals surface area contributed by atoms with Gasteiger partial charge in [-0.1, -0.05) is 17.7 Å². The molecule has 0 spiro atoms. The smallest absolute Gasteiger partial charge is 0.0498 e. The number of likely N-dealkylation sites (N-methyl/N-ethyl adjacent to an activating group) is 1. The van der Waals surface area contributed by atoms with Crippen LogP contribution in [0.4, 0.5) is 5.69 Å². The van der Waals surface area contributed by atoms with Crippen LogP contribution in [0.3, 0.4) is 0 Å². The van der Waals surface area contributed by atoms with Crippen LogP contribution >= 0.6 is 11.6 Å². The quantitative estimate of drug-likeness (QED) is 0.869. The van der Waals surface area contributed by atoms with Crippen molar-refractivity contribution in [1.82, 2.24) is 5.32 Å². The average Bonchev–Trinajstić information content (AvgIpc) is 2.28. The van der Waals surface area contributed by atoms with Crippen LogP contribution in [-0.2, 0) is 0 Å². The molecule has 3 heteroatoms. The van der Waals surface area contributed by atoms with Gasteiger partial charge in [-0.3, -0.25) is 0 Å². The molecule has 1 fully saturated rings. The molecule has 0 aromatic heterocycles. The van der Waals surface area contributed by atoms with Crippen molar-refractivity contribution in [2.45, 2.75) is 38.3 Å². The number of piperidine rings is 1. The molecule has 1 saturated heterocycles. The fraction of sp³-hybridized carbons (Fsp3) is 0.571. The molecule has 1 atom stereocenters. The summed E-state index contributed by atoms with van der Waals surface area (Å²) in [5.74, 6) is 0. The van der Waals surface area contributed by atoms with Crippen molar-refractivity contribution in [1.29, 1.82) is 0 Å². The largest absolute Gasteiger partial charge is 0.365 e. The maximum absolute atomic E-state index is 6.09. The van der Waals surface area contributed by atoms with Crippen LogP contribution in [0.25, 0.3) is 0 Å². The first kappa shape index (κ1) is 12.7. The van der Waals surface area contributed by atoms with E-state index in [2.05, 4.69) is 36.2 Å². The topological polar surface area (TPSA) is 15.3 Å². The van der Waals surface area contributed by atoms with Crippen LogP contribution in [0, 0.1) is 0 Å². The van der Waals surface area contributed by atoms with Gasteiger partial charge in [0, 0.05) is 28.8 Å². The molecule has 1 N–H and O–H groups in total. The molecule has 0 bridgehead atoms. The Bertz CT molecular complexity index is 390. The minimum absolute atomic E-state index is 0.123. The summed E-state index contributed by atoms with van der Waals surface area (Å²) < 4.78 is 0. The molecule has 1 aromatic carbocycles. The Balaban J connectivity index is 2.31. The highest BCUT2D eigenvalue weighted by atomic mass is 35.5. The minimum Gasteiger partial charge on any atom is -0.365 e. The zero-order valence-electron chi connectivity index (χ0n) is 10.8. The van der Waals surface area contributed by atoms with Crippen LogP contribution in [0.2, 0.25) is 5.02 Å². The molecular weight excluding hydrogens is 232 g/mol.